The van der Waals surface area contributed by atoms with Gasteiger partial charge in [0.2, 0.25) is 28.1 Å². The minimum absolute atomic E-state index is 0.00392. The number of aromatic nitrogens is 4. The first kappa shape index (κ1) is 26.9. The van der Waals surface area contributed by atoms with E-state index in [1.807, 2.05) is 0 Å². The summed E-state index contributed by atoms with van der Waals surface area (Å²) in [7, 11) is -1.38. The van der Waals surface area contributed by atoms with Crippen LogP contribution in [-0.2, 0) is 14.8 Å². The summed E-state index contributed by atoms with van der Waals surface area (Å²) in [4.78, 5) is 27.8. The van der Waals surface area contributed by atoms with Crippen molar-refractivity contribution in [1.82, 2.24) is 24.6 Å². The summed E-state index contributed by atoms with van der Waals surface area (Å²) in [5.74, 6) is 0.0659. The Morgan fingerprint density at radius 3 is 2.45 bits per heavy atom. The van der Waals surface area contributed by atoms with Crippen LogP contribution in [0.4, 0.5) is 17.2 Å². The highest BCUT2D eigenvalue weighted by Gasteiger charge is 2.30. The predicted octanol–water partition coefficient (Wildman–Crippen LogP) is 1.77. The Hall–Kier alpha value is -4.11. The van der Waals surface area contributed by atoms with Crippen LogP contribution < -0.4 is 21.1 Å². The standard InChI is InChI=1S/C18H17N7O4.C5H11NO2S/c1-28-15-10(17-20-8-29-25-17)3-2-4-11(15)21-12-7-13(22-18(27)9-5-6-9)23-24-14(12)16(19)26;1-9(7,8)6-4-2-3-5-6/h2-4,7-9H,5-6H2,1H3,(H2,19,26)(H2,21,22,23,27);2-5H2,1H3. The lowest BCUT2D eigenvalue weighted by Crippen LogP contribution is -2.26. The van der Waals surface area contributed by atoms with E-state index in [1.165, 1.54) is 30.1 Å². The first-order valence-corrected chi connectivity index (χ1v) is 13.7. The SMILES string of the molecule is COc1c(Nc2cc(NC(=O)C3CC3)nnc2C(N)=O)cccc1-c1ncon1.CS(=O)(=O)N1CCCC1. The molecule has 0 unspecified atom stereocenters. The number of ether oxygens (including phenoxy) is 1. The number of hydrogen-bond donors (Lipinski definition) is 3. The zero-order chi connectivity index (χ0) is 27.3. The van der Waals surface area contributed by atoms with E-state index in [2.05, 4.69) is 31.0 Å². The molecule has 15 heteroatoms. The Morgan fingerprint density at radius 2 is 1.89 bits per heavy atom. The molecule has 38 heavy (non-hydrogen) atoms. The van der Waals surface area contributed by atoms with Gasteiger partial charge in [-0.3, -0.25) is 9.59 Å². The first-order valence-electron chi connectivity index (χ1n) is 11.8. The fourth-order valence-electron chi connectivity index (χ4n) is 3.79. The van der Waals surface area contributed by atoms with Gasteiger partial charge in [-0.25, -0.2) is 12.7 Å². The summed E-state index contributed by atoms with van der Waals surface area (Å²) in [5, 5.41) is 17.3. The number of primary amides is 1. The number of methoxy groups -OCH3 is 1. The lowest BCUT2D eigenvalue weighted by Gasteiger charge is -2.15. The van der Waals surface area contributed by atoms with Crippen LogP contribution in [0.3, 0.4) is 0 Å². The van der Waals surface area contributed by atoms with Crippen LogP contribution in [0.1, 0.15) is 36.2 Å². The van der Waals surface area contributed by atoms with Crippen LogP contribution in [0.25, 0.3) is 11.4 Å². The minimum atomic E-state index is -2.87. The van der Waals surface area contributed by atoms with Gasteiger partial charge in [-0.1, -0.05) is 11.2 Å². The average molecular weight is 545 g/mol. The molecule has 0 spiro atoms. The van der Waals surface area contributed by atoms with E-state index in [1.54, 1.807) is 18.2 Å². The van der Waals surface area contributed by atoms with Gasteiger partial charge in [-0.05, 0) is 37.8 Å². The number of nitrogens with zero attached hydrogens (tertiary/aromatic N) is 5. The van der Waals surface area contributed by atoms with Crippen molar-refractivity contribution in [1.29, 1.82) is 0 Å². The number of rotatable bonds is 8. The second kappa shape index (κ2) is 11.5. The molecule has 3 heterocycles. The van der Waals surface area contributed by atoms with Gasteiger partial charge in [0.1, 0.15) is 0 Å². The van der Waals surface area contributed by atoms with E-state index in [0.29, 0.717) is 22.8 Å². The maximum atomic E-state index is 12.0. The lowest BCUT2D eigenvalue weighted by atomic mass is 10.1. The molecule has 0 radical (unpaired) electrons. The molecule has 2 aliphatic rings. The van der Waals surface area contributed by atoms with Crippen molar-refractivity contribution in [3.05, 3.63) is 36.4 Å². The molecule has 1 saturated heterocycles. The van der Waals surface area contributed by atoms with Crippen LogP contribution in [0.5, 0.6) is 5.75 Å². The van der Waals surface area contributed by atoms with Gasteiger partial charge in [0, 0.05) is 25.1 Å². The fourth-order valence-corrected chi connectivity index (χ4v) is 4.71. The molecule has 1 aliphatic carbocycles. The fraction of sp³-hybridized carbons (Fsp3) is 0.391. The lowest BCUT2D eigenvalue weighted by molar-refractivity contribution is -0.117. The molecular formula is C23H28N8O6S. The highest BCUT2D eigenvalue weighted by molar-refractivity contribution is 7.88. The van der Waals surface area contributed by atoms with Crippen molar-refractivity contribution < 1.29 is 27.3 Å². The van der Waals surface area contributed by atoms with Crippen molar-refractivity contribution in [2.75, 3.05) is 37.1 Å². The molecule has 2 fully saturated rings. The zero-order valence-electron chi connectivity index (χ0n) is 20.9. The topological polar surface area (TPSA) is 196 Å². The molecule has 0 bridgehead atoms. The summed E-state index contributed by atoms with van der Waals surface area (Å²) < 4.78 is 33.3. The van der Waals surface area contributed by atoms with E-state index in [9.17, 15) is 18.0 Å². The molecule has 1 saturated carbocycles. The highest BCUT2D eigenvalue weighted by Crippen LogP contribution is 2.37. The molecular weight excluding hydrogens is 516 g/mol. The quantitative estimate of drug-likeness (QED) is 0.374. The van der Waals surface area contributed by atoms with Crippen LogP contribution >= 0.6 is 0 Å². The summed E-state index contributed by atoms with van der Waals surface area (Å²) >= 11 is 0. The summed E-state index contributed by atoms with van der Waals surface area (Å²) in [6, 6.07) is 6.74. The smallest absolute Gasteiger partial charge is 0.271 e. The number of anilines is 3. The van der Waals surface area contributed by atoms with Gasteiger partial charge in [-0.2, -0.15) is 4.98 Å². The third-order valence-corrected chi connectivity index (χ3v) is 7.15. The second-order valence-corrected chi connectivity index (χ2v) is 10.7. The molecule has 4 N–H and O–H groups in total. The molecule has 5 rings (SSSR count). The van der Waals surface area contributed by atoms with Crippen molar-refractivity contribution >= 4 is 39.0 Å². The number of nitrogens with two attached hydrogens (primary N) is 1. The van der Waals surface area contributed by atoms with E-state index in [-0.39, 0.29) is 29.0 Å². The summed E-state index contributed by atoms with van der Waals surface area (Å²) in [6.45, 7) is 1.44. The maximum absolute atomic E-state index is 12.0. The summed E-state index contributed by atoms with van der Waals surface area (Å²) in [6.07, 6.45) is 6.22. The molecule has 1 aromatic carbocycles. The molecule has 14 nitrogen and oxygen atoms in total. The third-order valence-electron chi connectivity index (χ3n) is 5.85. The number of para-hydroxylation sites is 1. The van der Waals surface area contributed by atoms with Crippen molar-refractivity contribution in [3.63, 3.8) is 0 Å². The molecule has 3 aromatic rings. The molecule has 202 valence electrons. The van der Waals surface area contributed by atoms with Crippen molar-refractivity contribution in [2.45, 2.75) is 25.7 Å². The number of amides is 2. The number of benzene rings is 1. The predicted molar refractivity (Wildman–Crippen MR) is 137 cm³/mol. The molecule has 1 aliphatic heterocycles. The van der Waals surface area contributed by atoms with Gasteiger partial charge in [0.05, 0.1) is 30.3 Å². The van der Waals surface area contributed by atoms with Gasteiger partial charge in [-0.15, -0.1) is 10.2 Å². The van der Waals surface area contributed by atoms with Crippen molar-refractivity contribution in [3.8, 4) is 17.1 Å². The zero-order valence-corrected chi connectivity index (χ0v) is 21.7. The molecule has 2 amide bonds. The largest absolute Gasteiger partial charge is 0.494 e. The molecule has 0 atom stereocenters. The Bertz CT molecular complexity index is 1400. The average Bonchev–Trinajstić information content (AvgIpc) is 3.31. The van der Waals surface area contributed by atoms with Crippen LogP contribution in [0.15, 0.2) is 35.2 Å². The Morgan fingerprint density at radius 1 is 1.16 bits per heavy atom. The van der Waals surface area contributed by atoms with E-state index in [0.717, 1.165) is 38.8 Å². The van der Waals surface area contributed by atoms with Gasteiger partial charge in [0.25, 0.3) is 5.91 Å². The number of sulfonamides is 1. The minimum Gasteiger partial charge on any atom is -0.494 e. The Kier molecular flexibility index (Phi) is 8.16. The number of carbonyl (C=O) groups is 2. The Labute approximate surface area is 219 Å². The number of carbonyl (C=O) groups excluding carboxylic acids is 2. The van der Waals surface area contributed by atoms with Crippen LogP contribution in [-0.4, -0.2) is 71.3 Å². The van der Waals surface area contributed by atoms with Crippen LogP contribution in [0.2, 0.25) is 0 Å². The van der Waals surface area contributed by atoms with Crippen molar-refractivity contribution in [2.24, 2.45) is 11.7 Å². The molecule has 2 aromatic heterocycles. The number of hydrogen-bond acceptors (Lipinski definition) is 11. The highest BCUT2D eigenvalue weighted by atomic mass is 32.2. The first-order chi connectivity index (χ1) is 18.2. The Balaban J connectivity index is 0.000000317. The third kappa shape index (κ3) is 6.60. The van der Waals surface area contributed by atoms with Gasteiger partial charge in [0.15, 0.2) is 17.3 Å². The monoisotopic (exact) mass is 544 g/mol. The maximum Gasteiger partial charge on any atom is 0.271 e. The summed E-state index contributed by atoms with van der Waals surface area (Å²) in [5.41, 5.74) is 6.69. The number of nitrogens with one attached hydrogen (secondary N) is 2. The second-order valence-electron chi connectivity index (χ2n) is 8.75. The van der Waals surface area contributed by atoms with E-state index < -0.39 is 15.9 Å². The van der Waals surface area contributed by atoms with E-state index >= 15 is 0 Å². The van der Waals surface area contributed by atoms with Gasteiger partial charge >= 0.3 is 0 Å². The van der Waals surface area contributed by atoms with Gasteiger partial charge < -0.3 is 25.6 Å². The van der Waals surface area contributed by atoms with E-state index in [4.69, 9.17) is 15.0 Å². The van der Waals surface area contributed by atoms with Crippen LogP contribution in [0, 0.1) is 5.92 Å². The normalized spacial score (nSPS) is 15.3.